The lowest BCUT2D eigenvalue weighted by molar-refractivity contribution is -0.0486. The fourth-order valence-electron chi connectivity index (χ4n) is 1.85. The third-order valence-corrected chi connectivity index (χ3v) is 4.40. The molecule has 0 radical (unpaired) electrons. The molecule has 17 heavy (non-hydrogen) atoms. The van der Waals surface area contributed by atoms with Gasteiger partial charge in [-0.25, -0.2) is 13.4 Å². The average molecular weight is 260 g/mol. The van der Waals surface area contributed by atoms with Gasteiger partial charge in [0.15, 0.2) is 5.03 Å². The first-order valence-corrected chi connectivity index (χ1v) is 6.82. The molecule has 0 bridgehead atoms. The maximum atomic E-state index is 12.2. The van der Waals surface area contributed by atoms with Gasteiger partial charge in [0.05, 0.1) is 24.7 Å². The highest BCUT2D eigenvalue weighted by atomic mass is 32.2. The Morgan fingerprint density at radius 2 is 2.41 bits per heavy atom. The SMILES string of the molecule is CC1CN(S(=O)(=O)c2cnc[nH]2)CC(CN)O1. The van der Waals surface area contributed by atoms with Gasteiger partial charge < -0.3 is 15.5 Å². The molecule has 2 heterocycles. The van der Waals surface area contributed by atoms with Crippen molar-refractivity contribution in [3.63, 3.8) is 0 Å². The number of H-pyrrole nitrogens is 1. The van der Waals surface area contributed by atoms with Crippen LogP contribution in [0.5, 0.6) is 0 Å². The summed E-state index contributed by atoms with van der Waals surface area (Å²) < 4.78 is 31.3. The lowest BCUT2D eigenvalue weighted by Gasteiger charge is -2.35. The monoisotopic (exact) mass is 260 g/mol. The number of morpholine rings is 1. The van der Waals surface area contributed by atoms with Gasteiger partial charge in [0.25, 0.3) is 10.0 Å². The van der Waals surface area contributed by atoms with E-state index in [-0.39, 0.29) is 23.8 Å². The number of hydrogen-bond acceptors (Lipinski definition) is 5. The Kier molecular flexibility index (Phi) is 3.48. The Labute approximate surface area is 100 Å². The predicted molar refractivity (Wildman–Crippen MR) is 60.7 cm³/mol. The van der Waals surface area contributed by atoms with Crippen LogP contribution in [0.1, 0.15) is 6.92 Å². The molecule has 0 saturated carbocycles. The molecular weight excluding hydrogens is 244 g/mol. The molecule has 1 fully saturated rings. The third kappa shape index (κ3) is 2.49. The van der Waals surface area contributed by atoms with Gasteiger partial charge in [-0.3, -0.25) is 0 Å². The molecule has 7 nitrogen and oxygen atoms in total. The Hall–Kier alpha value is -0.960. The number of sulfonamides is 1. The van der Waals surface area contributed by atoms with Crippen molar-refractivity contribution in [2.45, 2.75) is 24.2 Å². The van der Waals surface area contributed by atoms with Crippen LogP contribution in [0.25, 0.3) is 0 Å². The molecule has 1 aliphatic rings. The molecule has 2 rings (SSSR count). The summed E-state index contributed by atoms with van der Waals surface area (Å²) in [6, 6.07) is 0. The molecule has 1 aromatic rings. The van der Waals surface area contributed by atoms with Crippen LogP contribution in [0.15, 0.2) is 17.6 Å². The summed E-state index contributed by atoms with van der Waals surface area (Å²) in [6.07, 6.45) is 2.23. The van der Waals surface area contributed by atoms with E-state index in [0.29, 0.717) is 13.1 Å². The van der Waals surface area contributed by atoms with Crippen molar-refractivity contribution in [2.75, 3.05) is 19.6 Å². The van der Waals surface area contributed by atoms with E-state index in [1.54, 1.807) is 0 Å². The van der Waals surface area contributed by atoms with E-state index in [9.17, 15) is 8.42 Å². The van der Waals surface area contributed by atoms with Gasteiger partial charge in [-0.2, -0.15) is 4.31 Å². The Morgan fingerprint density at radius 1 is 1.65 bits per heavy atom. The lowest BCUT2D eigenvalue weighted by atomic mass is 10.2. The van der Waals surface area contributed by atoms with Crippen LogP contribution in [0, 0.1) is 0 Å². The van der Waals surface area contributed by atoms with Gasteiger partial charge in [-0.05, 0) is 6.92 Å². The van der Waals surface area contributed by atoms with E-state index >= 15 is 0 Å². The molecule has 1 saturated heterocycles. The van der Waals surface area contributed by atoms with Crippen LogP contribution in [-0.4, -0.2) is 54.5 Å². The number of hydrogen-bond donors (Lipinski definition) is 2. The standard InChI is InChI=1S/C9H16N4O3S/c1-7-4-13(5-8(2-10)16-7)17(14,15)9-3-11-6-12-9/h3,6-8H,2,4-5,10H2,1H3,(H,11,12). The van der Waals surface area contributed by atoms with Crippen molar-refractivity contribution >= 4 is 10.0 Å². The molecule has 2 atom stereocenters. The zero-order valence-electron chi connectivity index (χ0n) is 9.54. The normalized spacial score (nSPS) is 27.2. The van der Waals surface area contributed by atoms with E-state index in [2.05, 4.69) is 9.97 Å². The number of ether oxygens (including phenoxy) is 1. The number of nitrogens with one attached hydrogen (secondary N) is 1. The van der Waals surface area contributed by atoms with Crippen LogP contribution in [-0.2, 0) is 14.8 Å². The molecule has 0 amide bonds. The van der Waals surface area contributed by atoms with E-state index < -0.39 is 10.0 Å². The smallest absolute Gasteiger partial charge is 0.260 e. The molecule has 8 heteroatoms. The first-order valence-electron chi connectivity index (χ1n) is 5.38. The van der Waals surface area contributed by atoms with Crippen LogP contribution in [0.2, 0.25) is 0 Å². The Morgan fingerprint density at radius 3 is 3.00 bits per heavy atom. The van der Waals surface area contributed by atoms with Crippen LogP contribution < -0.4 is 5.73 Å². The van der Waals surface area contributed by atoms with Gasteiger partial charge in [-0.1, -0.05) is 0 Å². The number of nitrogens with two attached hydrogens (primary N) is 1. The number of imidazole rings is 1. The molecule has 0 spiro atoms. The topological polar surface area (TPSA) is 101 Å². The highest BCUT2D eigenvalue weighted by Crippen LogP contribution is 2.18. The number of nitrogens with zero attached hydrogens (tertiary/aromatic N) is 2. The van der Waals surface area contributed by atoms with Gasteiger partial charge >= 0.3 is 0 Å². The summed E-state index contributed by atoms with van der Waals surface area (Å²) in [5.74, 6) is 0. The van der Waals surface area contributed by atoms with E-state index in [4.69, 9.17) is 10.5 Å². The van der Waals surface area contributed by atoms with Crippen molar-refractivity contribution in [1.82, 2.24) is 14.3 Å². The van der Waals surface area contributed by atoms with Gasteiger partial charge in [0.2, 0.25) is 0 Å². The fraction of sp³-hybridized carbons (Fsp3) is 0.667. The Balaban J connectivity index is 2.22. The second-order valence-electron chi connectivity index (χ2n) is 4.04. The van der Waals surface area contributed by atoms with Gasteiger partial charge in [0.1, 0.15) is 0 Å². The molecular formula is C9H16N4O3S. The van der Waals surface area contributed by atoms with Crippen molar-refractivity contribution in [3.8, 4) is 0 Å². The lowest BCUT2D eigenvalue weighted by Crippen LogP contribution is -2.51. The van der Waals surface area contributed by atoms with E-state index in [1.165, 1.54) is 16.8 Å². The average Bonchev–Trinajstić information content (AvgIpc) is 2.82. The molecule has 1 aromatic heterocycles. The van der Waals surface area contributed by atoms with Crippen molar-refractivity contribution in [3.05, 3.63) is 12.5 Å². The fourth-order valence-corrected chi connectivity index (χ4v) is 3.30. The summed E-state index contributed by atoms with van der Waals surface area (Å²) in [7, 11) is -3.51. The summed E-state index contributed by atoms with van der Waals surface area (Å²) in [5.41, 5.74) is 5.52. The quantitative estimate of drug-likeness (QED) is 0.737. The van der Waals surface area contributed by atoms with Gasteiger partial charge in [0, 0.05) is 19.6 Å². The predicted octanol–water partition coefficient (Wildman–Crippen LogP) is -0.854. The molecule has 0 aromatic carbocycles. The Bertz CT molecular complexity index is 459. The molecule has 96 valence electrons. The van der Waals surface area contributed by atoms with Crippen molar-refractivity contribution in [1.29, 1.82) is 0 Å². The summed E-state index contributed by atoms with van der Waals surface area (Å²) in [6.45, 7) is 2.75. The van der Waals surface area contributed by atoms with Crippen LogP contribution >= 0.6 is 0 Å². The van der Waals surface area contributed by atoms with E-state index in [1.807, 2.05) is 6.92 Å². The largest absolute Gasteiger partial charge is 0.371 e. The maximum Gasteiger partial charge on any atom is 0.260 e. The summed E-state index contributed by atoms with van der Waals surface area (Å²) >= 11 is 0. The number of rotatable bonds is 3. The highest BCUT2D eigenvalue weighted by molar-refractivity contribution is 7.89. The summed E-state index contributed by atoms with van der Waals surface area (Å²) in [5, 5.41) is 0.0994. The molecule has 1 aliphatic heterocycles. The number of aromatic amines is 1. The summed E-state index contributed by atoms with van der Waals surface area (Å²) in [4.78, 5) is 6.33. The first kappa shape index (κ1) is 12.5. The highest BCUT2D eigenvalue weighted by Gasteiger charge is 2.33. The second-order valence-corrected chi connectivity index (χ2v) is 5.95. The van der Waals surface area contributed by atoms with E-state index in [0.717, 1.165) is 0 Å². The van der Waals surface area contributed by atoms with Crippen LogP contribution in [0.4, 0.5) is 0 Å². The molecule has 2 unspecified atom stereocenters. The minimum Gasteiger partial charge on any atom is -0.371 e. The maximum absolute atomic E-state index is 12.2. The minimum absolute atomic E-state index is 0.0994. The van der Waals surface area contributed by atoms with Crippen molar-refractivity contribution in [2.24, 2.45) is 5.73 Å². The zero-order valence-corrected chi connectivity index (χ0v) is 10.4. The first-order chi connectivity index (χ1) is 8.04. The third-order valence-electron chi connectivity index (χ3n) is 2.65. The van der Waals surface area contributed by atoms with Crippen LogP contribution in [0.3, 0.4) is 0 Å². The molecule has 0 aliphatic carbocycles. The second kappa shape index (κ2) is 4.73. The zero-order chi connectivity index (χ0) is 12.5. The molecule has 3 N–H and O–H groups in total. The van der Waals surface area contributed by atoms with Gasteiger partial charge in [-0.15, -0.1) is 0 Å². The van der Waals surface area contributed by atoms with Crippen molar-refractivity contribution < 1.29 is 13.2 Å². The minimum atomic E-state index is -3.51. The number of aromatic nitrogens is 2.